The van der Waals surface area contributed by atoms with Gasteiger partial charge >= 0.3 is 0 Å². The second-order valence-corrected chi connectivity index (χ2v) is 3.97. The highest BCUT2D eigenvalue weighted by Gasteiger charge is 2.07. The minimum absolute atomic E-state index is 0.175. The Balaban J connectivity index is 2.07. The average Bonchev–Trinajstić information content (AvgIpc) is 2.82. The Kier molecular flexibility index (Phi) is 3.65. The Bertz CT molecular complexity index is 594. The van der Waals surface area contributed by atoms with Gasteiger partial charge in [0.05, 0.1) is 17.9 Å². The number of aromatic nitrogens is 2. The van der Waals surface area contributed by atoms with Crippen molar-refractivity contribution in [3.63, 3.8) is 0 Å². The maximum atomic E-state index is 11.4. The van der Waals surface area contributed by atoms with E-state index in [2.05, 4.69) is 20.8 Å². The van der Waals surface area contributed by atoms with Crippen molar-refractivity contribution in [2.24, 2.45) is 0 Å². The van der Waals surface area contributed by atoms with Gasteiger partial charge in [-0.05, 0) is 25.1 Å². The fraction of sp³-hybridized carbons (Fsp3) is 0.250. The highest BCUT2D eigenvalue weighted by atomic mass is 16.5. The van der Waals surface area contributed by atoms with E-state index in [4.69, 9.17) is 10.3 Å². The molecule has 0 atom stereocenters. The molecule has 4 N–H and O–H groups in total. The summed E-state index contributed by atoms with van der Waals surface area (Å²) in [5, 5.41) is 9.30. The zero-order chi connectivity index (χ0) is 13.8. The number of hydrogen-bond acceptors (Lipinski definition) is 6. The normalized spacial score (nSPS) is 10.2. The Hall–Kier alpha value is -2.57. The number of nitrogens with zero attached hydrogens (tertiary/aromatic N) is 2. The fourth-order valence-corrected chi connectivity index (χ4v) is 1.59. The van der Waals surface area contributed by atoms with Gasteiger partial charge in [0, 0.05) is 12.6 Å². The van der Waals surface area contributed by atoms with Crippen molar-refractivity contribution in [2.75, 3.05) is 18.1 Å². The number of nitrogen functional groups attached to an aromatic ring is 1. The SMILES string of the molecule is CNC(=O)c1ccc(NCc2nc(C)no2)c(N)c1. The summed E-state index contributed by atoms with van der Waals surface area (Å²) in [5.74, 6) is 0.887. The third-order valence-corrected chi connectivity index (χ3v) is 2.54. The van der Waals surface area contributed by atoms with Crippen molar-refractivity contribution in [3.05, 3.63) is 35.5 Å². The predicted octanol–water partition coefficient (Wildman–Crippen LogP) is 0.932. The van der Waals surface area contributed by atoms with Crippen LogP contribution in [0.3, 0.4) is 0 Å². The summed E-state index contributed by atoms with van der Waals surface area (Å²) in [6.45, 7) is 2.13. The summed E-state index contributed by atoms with van der Waals surface area (Å²) in [7, 11) is 1.57. The van der Waals surface area contributed by atoms with Crippen LogP contribution in [0.1, 0.15) is 22.1 Å². The van der Waals surface area contributed by atoms with E-state index in [0.29, 0.717) is 35.2 Å². The molecular formula is C12H15N5O2. The van der Waals surface area contributed by atoms with Gasteiger partial charge in [-0.25, -0.2) is 0 Å². The van der Waals surface area contributed by atoms with Crippen LogP contribution in [0.4, 0.5) is 11.4 Å². The summed E-state index contributed by atoms with van der Waals surface area (Å²) in [4.78, 5) is 15.5. The Labute approximate surface area is 110 Å². The highest BCUT2D eigenvalue weighted by Crippen LogP contribution is 2.20. The van der Waals surface area contributed by atoms with E-state index in [1.807, 2.05) is 0 Å². The summed E-state index contributed by atoms with van der Waals surface area (Å²) in [6, 6.07) is 5.04. The number of benzene rings is 1. The molecule has 1 amide bonds. The highest BCUT2D eigenvalue weighted by molar-refractivity contribution is 5.95. The second-order valence-electron chi connectivity index (χ2n) is 3.97. The third kappa shape index (κ3) is 3.01. The predicted molar refractivity (Wildman–Crippen MR) is 70.6 cm³/mol. The maximum Gasteiger partial charge on any atom is 0.251 e. The van der Waals surface area contributed by atoms with E-state index < -0.39 is 0 Å². The largest absolute Gasteiger partial charge is 0.397 e. The number of aryl methyl sites for hydroxylation is 1. The zero-order valence-corrected chi connectivity index (χ0v) is 10.7. The molecule has 100 valence electrons. The molecule has 1 aromatic carbocycles. The first-order valence-electron chi connectivity index (χ1n) is 5.75. The van der Waals surface area contributed by atoms with Gasteiger partial charge in [0.25, 0.3) is 5.91 Å². The van der Waals surface area contributed by atoms with Gasteiger partial charge in [-0.15, -0.1) is 0 Å². The van der Waals surface area contributed by atoms with Gasteiger partial charge in [-0.3, -0.25) is 4.79 Å². The van der Waals surface area contributed by atoms with E-state index in [9.17, 15) is 4.79 Å². The lowest BCUT2D eigenvalue weighted by molar-refractivity contribution is 0.0963. The first-order valence-corrected chi connectivity index (χ1v) is 5.75. The number of carbonyl (C=O) groups is 1. The van der Waals surface area contributed by atoms with Crippen molar-refractivity contribution in [1.82, 2.24) is 15.5 Å². The van der Waals surface area contributed by atoms with Crippen LogP contribution >= 0.6 is 0 Å². The minimum Gasteiger partial charge on any atom is -0.397 e. The molecule has 0 radical (unpaired) electrons. The average molecular weight is 261 g/mol. The quantitative estimate of drug-likeness (QED) is 0.707. The molecule has 0 saturated heterocycles. The van der Waals surface area contributed by atoms with Crippen LogP contribution in [0.5, 0.6) is 0 Å². The molecule has 2 rings (SSSR count). The number of rotatable bonds is 4. The van der Waals surface area contributed by atoms with Crippen molar-refractivity contribution < 1.29 is 9.32 Å². The van der Waals surface area contributed by atoms with Gasteiger partial charge in [-0.2, -0.15) is 4.98 Å². The standard InChI is InChI=1S/C12H15N5O2/c1-7-16-11(19-17-7)6-15-10-4-3-8(5-9(10)13)12(18)14-2/h3-5,15H,6,13H2,1-2H3,(H,14,18). The number of anilines is 2. The van der Waals surface area contributed by atoms with E-state index >= 15 is 0 Å². The second kappa shape index (κ2) is 5.38. The van der Waals surface area contributed by atoms with Crippen LogP contribution in [0, 0.1) is 6.92 Å². The Morgan fingerprint density at radius 3 is 2.84 bits per heavy atom. The van der Waals surface area contributed by atoms with Gasteiger partial charge < -0.3 is 20.9 Å². The third-order valence-electron chi connectivity index (χ3n) is 2.54. The molecule has 0 spiro atoms. The van der Waals surface area contributed by atoms with Crippen molar-refractivity contribution in [2.45, 2.75) is 13.5 Å². The van der Waals surface area contributed by atoms with Crippen LogP contribution in [0.2, 0.25) is 0 Å². The van der Waals surface area contributed by atoms with Crippen LogP contribution in [-0.2, 0) is 6.54 Å². The number of carbonyl (C=O) groups excluding carboxylic acids is 1. The Morgan fingerprint density at radius 1 is 1.47 bits per heavy atom. The molecule has 0 saturated carbocycles. The number of hydrogen-bond donors (Lipinski definition) is 3. The van der Waals surface area contributed by atoms with Crippen molar-refractivity contribution >= 4 is 17.3 Å². The van der Waals surface area contributed by atoms with Crippen molar-refractivity contribution in [1.29, 1.82) is 0 Å². The van der Waals surface area contributed by atoms with E-state index in [-0.39, 0.29) is 5.91 Å². The zero-order valence-electron chi connectivity index (χ0n) is 10.7. The van der Waals surface area contributed by atoms with Crippen LogP contribution < -0.4 is 16.4 Å². The van der Waals surface area contributed by atoms with E-state index in [0.717, 1.165) is 0 Å². The molecule has 2 aromatic rings. The Morgan fingerprint density at radius 2 is 2.26 bits per heavy atom. The summed E-state index contributed by atoms with van der Waals surface area (Å²) < 4.78 is 4.98. The topological polar surface area (TPSA) is 106 Å². The molecule has 0 fully saturated rings. The molecule has 7 heteroatoms. The van der Waals surface area contributed by atoms with Gasteiger partial charge in [0.2, 0.25) is 5.89 Å². The molecule has 0 bridgehead atoms. The van der Waals surface area contributed by atoms with E-state index in [1.54, 1.807) is 32.2 Å². The number of amides is 1. The van der Waals surface area contributed by atoms with Gasteiger partial charge in [0.1, 0.15) is 0 Å². The molecule has 7 nitrogen and oxygen atoms in total. The lowest BCUT2D eigenvalue weighted by Crippen LogP contribution is -2.18. The first-order chi connectivity index (χ1) is 9.10. The van der Waals surface area contributed by atoms with Crippen molar-refractivity contribution in [3.8, 4) is 0 Å². The van der Waals surface area contributed by atoms with Crippen LogP contribution in [0.15, 0.2) is 22.7 Å². The summed E-state index contributed by atoms with van der Waals surface area (Å²) >= 11 is 0. The van der Waals surface area contributed by atoms with Crippen LogP contribution in [0.25, 0.3) is 0 Å². The van der Waals surface area contributed by atoms with Gasteiger partial charge in [-0.1, -0.05) is 5.16 Å². The molecular weight excluding hydrogens is 246 g/mol. The molecule has 1 heterocycles. The number of nitrogens with one attached hydrogen (secondary N) is 2. The first kappa shape index (κ1) is 12.9. The monoisotopic (exact) mass is 261 g/mol. The maximum absolute atomic E-state index is 11.4. The van der Waals surface area contributed by atoms with E-state index in [1.165, 1.54) is 0 Å². The molecule has 0 aliphatic carbocycles. The molecule has 0 aliphatic rings. The summed E-state index contributed by atoms with van der Waals surface area (Å²) in [5.41, 5.74) is 7.58. The van der Waals surface area contributed by atoms with Gasteiger partial charge in [0.15, 0.2) is 5.82 Å². The molecule has 0 aliphatic heterocycles. The summed E-state index contributed by atoms with van der Waals surface area (Å²) in [6.07, 6.45) is 0. The minimum atomic E-state index is -0.175. The smallest absolute Gasteiger partial charge is 0.251 e. The lowest BCUT2D eigenvalue weighted by atomic mass is 10.1. The molecule has 0 unspecified atom stereocenters. The fourth-order valence-electron chi connectivity index (χ4n) is 1.59. The molecule has 1 aromatic heterocycles. The van der Waals surface area contributed by atoms with Crippen LogP contribution in [-0.4, -0.2) is 23.1 Å². The molecule has 19 heavy (non-hydrogen) atoms. The lowest BCUT2D eigenvalue weighted by Gasteiger charge is -2.08. The number of nitrogens with two attached hydrogens (primary N) is 1.